The molecule has 0 saturated carbocycles. The number of aliphatic hydroxyl groups excluding tert-OH is 1. The number of piperazine rings is 1. The van der Waals surface area contributed by atoms with Crippen LogP contribution in [-0.4, -0.2) is 47.1 Å². The van der Waals surface area contributed by atoms with Crippen LogP contribution in [0.4, 0.5) is 0 Å². The van der Waals surface area contributed by atoms with E-state index in [0.29, 0.717) is 0 Å². The number of hydrogen-bond donors (Lipinski definition) is 2. The van der Waals surface area contributed by atoms with E-state index in [-0.39, 0.29) is 31.5 Å². The van der Waals surface area contributed by atoms with E-state index in [0.717, 1.165) is 0 Å². The molecule has 0 unspecified atom stereocenters. The average Bonchev–Trinajstić information content (AvgIpc) is 1.99. The second-order valence-electron chi connectivity index (χ2n) is 3.62. The lowest BCUT2D eigenvalue weighted by atomic mass is 10.0. The monoisotopic (exact) mass is 186 g/mol. The Balaban J connectivity index is 2.75. The zero-order valence-electron chi connectivity index (χ0n) is 7.83. The molecule has 1 saturated heterocycles. The van der Waals surface area contributed by atoms with E-state index < -0.39 is 5.54 Å². The van der Waals surface area contributed by atoms with Gasteiger partial charge in [-0.3, -0.25) is 9.59 Å². The minimum Gasteiger partial charge on any atom is -0.395 e. The van der Waals surface area contributed by atoms with Gasteiger partial charge in [-0.1, -0.05) is 0 Å². The van der Waals surface area contributed by atoms with Crippen molar-refractivity contribution in [2.75, 3.05) is 19.7 Å². The van der Waals surface area contributed by atoms with Crippen molar-refractivity contribution in [2.45, 2.75) is 19.4 Å². The maximum absolute atomic E-state index is 11.6. The zero-order chi connectivity index (χ0) is 10.1. The maximum atomic E-state index is 11.6. The number of aliphatic hydroxyl groups is 1. The van der Waals surface area contributed by atoms with Gasteiger partial charge in [0.1, 0.15) is 5.54 Å². The molecule has 5 heteroatoms. The van der Waals surface area contributed by atoms with Crippen LogP contribution in [0.25, 0.3) is 0 Å². The molecule has 1 aliphatic rings. The van der Waals surface area contributed by atoms with E-state index in [1.165, 1.54) is 4.90 Å². The third kappa shape index (κ3) is 1.98. The van der Waals surface area contributed by atoms with Crippen LogP contribution in [0.5, 0.6) is 0 Å². The quantitative estimate of drug-likeness (QED) is 0.564. The first kappa shape index (κ1) is 9.98. The maximum Gasteiger partial charge on any atom is 0.248 e. The molecule has 0 radical (unpaired) electrons. The molecular weight excluding hydrogens is 172 g/mol. The number of amides is 2. The van der Waals surface area contributed by atoms with Crippen molar-refractivity contribution in [1.82, 2.24) is 10.2 Å². The van der Waals surface area contributed by atoms with Crippen molar-refractivity contribution >= 4 is 11.8 Å². The molecule has 1 rings (SSSR count). The topological polar surface area (TPSA) is 69.6 Å². The lowest BCUT2D eigenvalue weighted by Crippen LogP contribution is -2.64. The number of β-amino-alcohol motifs (C(OH)–C–C–N with tert-alkyl or cyclic N) is 1. The molecule has 0 atom stereocenters. The van der Waals surface area contributed by atoms with Gasteiger partial charge in [-0.05, 0) is 13.8 Å². The minimum absolute atomic E-state index is 0.0445. The summed E-state index contributed by atoms with van der Waals surface area (Å²) in [7, 11) is 0. The molecule has 2 amide bonds. The summed E-state index contributed by atoms with van der Waals surface area (Å²) in [5, 5.41) is 11.2. The van der Waals surface area contributed by atoms with E-state index in [2.05, 4.69) is 5.32 Å². The van der Waals surface area contributed by atoms with Crippen molar-refractivity contribution in [3.8, 4) is 0 Å². The molecule has 1 fully saturated rings. The average molecular weight is 186 g/mol. The number of carbonyl (C=O) groups is 2. The number of nitrogens with zero attached hydrogens (tertiary/aromatic N) is 1. The Morgan fingerprint density at radius 3 is 2.69 bits per heavy atom. The van der Waals surface area contributed by atoms with E-state index in [9.17, 15) is 9.59 Å². The van der Waals surface area contributed by atoms with E-state index in [1.807, 2.05) is 0 Å². The van der Waals surface area contributed by atoms with E-state index >= 15 is 0 Å². The number of rotatable bonds is 2. The predicted molar refractivity (Wildman–Crippen MR) is 45.9 cm³/mol. The van der Waals surface area contributed by atoms with Crippen molar-refractivity contribution in [1.29, 1.82) is 0 Å². The normalized spacial score (nSPS) is 21.6. The smallest absolute Gasteiger partial charge is 0.248 e. The van der Waals surface area contributed by atoms with Gasteiger partial charge in [-0.2, -0.15) is 0 Å². The van der Waals surface area contributed by atoms with Gasteiger partial charge in [-0.15, -0.1) is 0 Å². The Morgan fingerprint density at radius 1 is 1.54 bits per heavy atom. The van der Waals surface area contributed by atoms with Crippen LogP contribution in [-0.2, 0) is 9.59 Å². The summed E-state index contributed by atoms with van der Waals surface area (Å²) in [6.07, 6.45) is 0. The van der Waals surface area contributed by atoms with Crippen LogP contribution in [0.3, 0.4) is 0 Å². The summed E-state index contributed by atoms with van der Waals surface area (Å²) < 4.78 is 0. The van der Waals surface area contributed by atoms with Gasteiger partial charge >= 0.3 is 0 Å². The van der Waals surface area contributed by atoms with Crippen molar-refractivity contribution in [3.05, 3.63) is 0 Å². The summed E-state index contributed by atoms with van der Waals surface area (Å²) in [4.78, 5) is 24.1. The van der Waals surface area contributed by atoms with Crippen LogP contribution < -0.4 is 5.32 Å². The molecular formula is C8H14N2O3. The Kier molecular flexibility index (Phi) is 2.56. The predicted octanol–water partition coefficient (Wildman–Crippen LogP) is -1.28. The van der Waals surface area contributed by atoms with Gasteiger partial charge < -0.3 is 15.3 Å². The molecule has 0 aromatic heterocycles. The SMILES string of the molecule is CC1(C)NC(=O)CN(CCO)C1=O. The Bertz CT molecular complexity index is 238. The zero-order valence-corrected chi connectivity index (χ0v) is 7.83. The third-order valence-corrected chi connectivity index (χ3v) is 1.98. The molecule has 1 aliphatic heterocycles. The van der Waals surface area contributed by atoms with Crippen molar-refractivity contribution < 1.29 is 14.7 Å². The Morgan fingerprint density at radius 2 is 2.15 bits per heavy atom. The van der Waals surface area contributed by atoms with Gasteiger partial charge in [-0.25, -0.2) is 0 Å². The van der Waals surface area contributed by atoms with Crippen LogP contribution in [0.15, 0.2) is 0 Å². The second kappa shape index (κ2) is 3.33. The molecule has 74 valence electrons. The Hall–Kier alpha value is -1.10. The second-order valence-corrected chi connectivity index (χ2v) is 3.62. The van der Waals surface area contributed by atoms with Gasteiger partial charge in [0.2, 0.25) is 11.8 Å². The largest absolute Gasteiger partial charge is 0.395 e. The lowest BCUT2D eigenvalue weighted by molar-refractivity contribution is -0.148. The highest BCUT2D eigenvalue weighted by Crippen LogP contribution is 2.12. The van der Waals surface area contributed by atoms with Crippen LogP contribution in [0.2, 0.25) is 0 Å². The van der Waals surface area contributed by atoms with Crippen LogP contribution in [0, 0.1) is 0 Å². The number of nitrogens with one attached hydrogen (secondary N) is 1. The van der Waals surface area contributed by atoms with Gasteiger partial charge in [0.15, 0.2) is 0 Å². The molecule has 0 aromatic rings. The molecule has 5 nitrogen and oxygen atoms in total. The molecule has 0 spiro atoms. The molecule has 0 bridgehead atoms. The summed E-state index contributed by atoms with van der Waals surface area (Å²) in [6, 6.07) is 0. The standard InChI is InChI=1S/C8H14N2O3/c1-8(2)7(13)10(3-4-11)5-6(12)9-8/h11H,3-5H2,1-2H3,(H,9,12). The summed E-state index contributed by atoms with van der Waals surface area (Å²) in [5.74, 6) is -0.334. The van der Waals surface area contributed by atoms with Crippen molar-refractivity contribution in [3.63, 3.8) is 0 Å². The van der Waals surface area contributed by atoms with E-state index in [1.54, 1.807) is 13.8 Å². The van der Waals surface area contributed by atoms with Gasteiger partial charge in [0, 0.05) is 6.54 Å². The Labute approximate surface area is 76.7 Å². The van der Waals surface area contributed by atoms with Crippen LogP contribution in [0.1, 0.15) is 13.8 Å². The first-order chi connectivity index (χ1) is 5.97. The lowest BCUT2D eigenvalue weighted by Gasteiger charge is -2.37. The number of hydrogen-bond acceptors (Lipinski definition) is 3. The van der Waals surface area contributed by atoms with Gasteiger partial charge in [0.05, 0.1) is 13.2 Å². The molecule has 0 aromatic carbocycles. The summed E-state index contributed by atoms with van der Waals surface area (Å²) in [5.41, 5.74) is -0.843. The summed E-state index contributed by atoms with van der Waals surface area (Å²) in [6.45, 7) is 3.45. The third-order valence-electron chi connectivity index (χ3n) is 1.98. The first-order valence-corrected chi connectivity index (χ1v) is 4.18. The molecule has 1 heterocycles. The fourth-order valence-corrected chi connectivity index (χ4v) is 1.38. The van der Waals surface area contributed by atoms with Crippen molar-refractivity contribution in [2.24, 2.45) is 0 Å². The molecule has 2 N–H and O–H groups in total. The van der Waals surface area contributed by atoms with E-state index in [4.69, 9.17) is 5.11 Å². The fraction of sp³-hybridized carbons (Fsp3) is 0.750. The first-order valence-electron chi connectivity index (χ1n) is 4.18. The summed E-state index contributed by atoms with van der Waals surface area (Å²) >= 11 is 0. The number of carbonyl (C=O) groups excluding carboxylic acids is 2. The molecule has 0 aliphatic carbocycles. The molecule has 13 heavy (non-hydrogen) atoms. The fourth-order valence-electron chi connectivity index (χ4n) is 1.38. The highest BCUT2D eigenvalue weighted by molar-refractivity contribution is 5.97. The van der Waals surface area contributed by atoms with Gasteiger partial charge in [0.25, 0.3) is 0 Å². The minimum atomic E-state index is -0.843. The highest BCUT2D eigenvalue weighted by atomic mass is 16.3. The van der Waals surface area contributed by atoms with Crippen LogP contribution >= 0.6 is 0 Å². The highest BCUT2D eigenvalue weighted by Gasteiger charge is 2.38.